The van der Waals surface area contributed by atoms with Crippen LogP contribution >= 0.6 is 12.6 Å². The second-order valence-electron chi connectivity index (χ2n) is 8.87. The summed E-state index contributed by atoms with van der Waals surface area (Å²) in [4.78, 5) is 56.5. The lowest BCUT2D eigenvalue weighted by Gasteiger charge is -2.19. The zero-order valence-electron chi connectivity index (χ0n) is 21.8. The molecule has 0 aliphatic rings. The summed E-state index contributed by atoms with van der Waals surface area (Å²) in [7, 11) is 1.81. The molecule has 0 aliphatic carbocycles. The number of carbonyl (C=O) groups excluding carboxylic acids is 4. The van der Waals surface area contributed by atoms with Crippen molar-refractivity contribution in [2.45, 2.75) is 49.8 Å². The number of hydrogen-bond acceptors (Lipinski definition) is 8. The van der Waals surface area contributed by atoms with Gasteiger partial charge < -0.3 is 31.2 Å². The molecule has 208 valence electrons. The minimum Gasteiger partial charge on any atom is -0.355 e. The minimum absolute atomic E-state index is 0.226. The van der Waals surface area contributed by atoms with Crippen LogP contribution in [0.15, 0.2) is 47.9 Å². The van der Waals surface area contributed by atoms with Gasteiger partial charge in [-0.1, -0.05) is 12.1 Å². The van der Waals surface area contributed by atoms with E-state index in [1.807, 2.05) is 23.9 Å². The second-order valence-corrected chi connectivity index (χ2v) is 9.30. The third-order valence-electron chi connectivity index (χ3n) is 5.97. The Hall–Kier alpha value is -3.97. The molecule has 1 atom stereocenters. The van der Waals surface area contributed by atoms with Crippen LogP contribution in [-0.2, 0) is 32.3 Å². The Morgan fingerprint density at radius 2 is 1.87 bits per heavy atom. The van der Waals surface area contributed by atoms with Gasteiger partial charge in [-0.25, -0.2) is 9.97 Å². The number of aromatic nitrogens is 3. The molecule has 2 aromatic heterocycles. The third-order valence-corrected chi connectivity index (χ3v) is 6.32. The molecule has 0 saturated heterocycles. The molecule has 1 unspecified atom stereocenters. The topological polar surface area (TPSA) is 159 Å². The van der Waals surface area contributed by atoms with Crippen LogP contribution in [0.3, 0.4) is 0 Å². The Balaban J connectivity index is 1.45. The van der Waals surface area contributed by atoms with Crippen LogP contribution in [0.2, 0.25) is 0 Å². The maximum Gasteiger partial charge on any atom is 0.246 e. The smallest absolute Gasteiger partial charge is 0.246 e. The highest BCUT2D eigenvalue weighted by Crippen LogP contribution is 2.19. The van der Waals surface area contributed by atoms with Crippen LogP contribution in [0, 0.1) is 0 Å². The fourth-order valence-corrected chi connectivity index (χ4v) is 4.17. The number of thiol groups is 1. The first-order valence-electron chi connectivity index (χ1n) is 12.7. The van der Waals surface area contributed by atoms with Gasteiger partial charge in [0.2, 0.25) is 24.1 Å². The molecule has 0 fully saturated rings. The Bertz CT molecular complexity index is 1260. The first-order chi connectivity index (χ1) is 18.9. The summed E-state index contributed by atoms with van der Waals surface area (Å²) in [6.45, 7) is 1.43. The molecule has 0 radical (unpaired) electrons. The maximum atomic E-state index is 12.9. The first kappa shape index (κ1) is 29.6. The van der Waals surface area contributed by atoms with Crippen LogP contribution in [0.25, 0.3) is 11.0 Å². The molecule has 13 heteroatoms. The van der Waals surface area contributed by atoms with Crippen LogP contribution < -0.4 is 26.6 Å². The molecule has 0 spiro atoms. The van der Waals surface area contributed by atoms with E-state index in [0.717, 1.165) is 16.6 Å². The van der Waals surface area contributed by atoms with Gasteiger partial charge in [-0.3, -0.25) is 19.2 Å². The van der Waals surface area contributed by atoms with Crippen LogP contribution in [0.5, 0.6) is 0 Å². The number of anilines is 1. The predicted molar refractivity (Wildman–Crippen MR) is 150 cm³/mol. The van der Waals surface area contributed by atoms with E-state index >= 15 is 0 Å². The van der Waals surface area contributed by atoms with E-state index < -0.39 is 11.9 Å². The van der Waals surface area contributed by atoms with E-state index in [0.29, 0.717) is 56.0 Å². The summed E-state index contributed by atoms with van der Waals surface area (Å²) in [6.07, 6.45) is 5.84. The van der Waals surface area contributed by atoms with Gasteiger partial charge in [-0.2, -0.15) is 0 Å². The Labute approximate surface area is 232 Å². The summed E-state index contributed by atoms with van der Waals surface area (Å²) in [5, 5.41) is 15.2. The van der Waals surface area contributed by atoms with Crippen molar-refractivity contribution in [1.82, 2.24) is 35.8 Å². The molecule has 2 heterocycles. The van der Waals surface area contributed by atoms with E-state index in [2.05, 4.69) is 49.2 Å². The summed E-state index contributed by atoms with van der Waals surface area (Å²) < 4.78 is 1.93. The van der Waals surface area contributed by atoms with Crippen LogP contribution in [-0.4, -0.2) is 64.8 Å². The number of amides is 4. The van der Waals surface area contributed by atoms with Gasteiger partial charge in [0.1, 0.15) is 23.0 Å². The van der Waals surface area contributed by atoms with E-state index in [-0.39, 0.29) is 24.8 Å². The average molecular weight is 555 g/mol. The zero-order chi connectivity index (χ0) is 28.0. The Kier molecular flexibility index (Phi) is 11.7. The van der Waals surface area contributed by atoms with Crippen molar-refractivity contribution >= 4 is 53.5 Å². The number of carbonyl (C=O) groups is 4. The number of aryl methyl sites for hydroxylation is 1. The van der Waals surface area contributed by atoms with Gasteiger partial charge in [0.25, 0.3) is 0 Å². The normalized spacial score (nSPS) is 11.5. The molecule has 1 aromatic carbocycles. The molecule has 0 aliphatic heterocycles. The van der Waals surface area contributed by atoms with Crippen molar-refractivity contribution in [3.8, 4) is 0 Å². The van der Waals surface area contributed by atoms with Gasteiger partial charge >= 0.3 is 0 Å². The van der Waals surface area contributed by atoms with Gasteiger partial charge in [0.05, 0.1) is 11.9 Å². The summed E-state index contributed by atoms with van der Waals surface area (Å²) in [6, 6.07) is 8.16. The third kappa shape index (κ3) is 9.37. The van der Waals surface area contributed by atoms with E-state index in [1.165, 1.54) is 6.33 Å². The van der Waals surface area contributed by atoms with Crippen LogP contribution in [0.1, 0.15) is 31.2 Å². The number of hydrogen-bond donors (Lipinski definition) is 6. The van der Waals surface area contributed by atoms with Gasteiger partial charge in [-0.05, 0) is 56.6 Å². The summed E-state index contributed by atoms with van der Waals surface area (Å²) in [5.74, 6) is -1.05. The van der Waals surface area contributed by atoms with Crippen LogP contribution in [0.4, 0.5) is 5.69 Å². The highest BCUT2D eigenvalue weighted by molar-refractivity contribution is 7.80. The van der Waals surface area contributed by atoms with Crippen molar-refractivity contribution in [1.29, 1.82) is 0 Å². The molecule has 5 N–H and O–H groups in total. The Morgan fingerprint density at radius 3 is 2.62 bits per heavy atom. The monoisotopic (exact) mass is 554 g/mol. The Morgan fingerprint density at radius 1 is 1.08 bits per heavy atom. The number of fused-ring (bicyclic) bond motifs is 1. The molecule has 0 saturated carbocycles. The number of nitrogens with zero attached hydrogens (tertiary/aromatic N) is 3. The SMILES string of the molecule is CNCCCC(NC(=O)CNC(=O)CCCn1ccc2c(S)ncnc21)C(=O)Nc1ccc(CNC=O)cc1. The number of nitrogens with one attached hydrogen (secondary N) is 5. The van der Waals surface area contributed by atoms with Crippen molar-refractivity contribution in [2.75, 3.05) is 25.5 Å². The fraction of sp³-hybridized carbons (Fsp3) is 0.385. The minimum atomic E-state index is -0.764. The largest absolute Gasteiger partial charge is 0.355 e. The van der Waals surface area contributed by atoms with Crippen molar-refractivity contribution in [3.05, 3.63) is 48.4 Å². The molecule has 12 nitrogen and oxygen atoms in total. The summed E-state index contributed by atoms with van der Waals surface area (Å²) >= 11 is 4.33. The molecular weight excluding hydrogens is 520 g/mol. The van der Waals surface area contributed by atoms with Crippen molar-refractivity contribution < 1.29 is 19.2 Å². The number of rotatable bonds is 16. The lowest BCUT2D eigenvalue weighted by molar-refractivity contribution is -0.128. The van der Waals surface area contributed by atoms with E-state index in [1.54, 1.807) is 24.3 Å². The predicted octanol–water partition coefficient (Wildman–Crippen LogP) is 0.986. The quantitative estimate of drug-likeness (QED) is 0.0666. The molecule has 39 heavy (non-hydrogen) atoms. The van der Waals surface area contributed by atoms with Gasteiger partial charge in [-0.15, -0.1) is 12.6 Å². The number of benzene rings is 1. The fourth-order valence-electron chi connectivity index (χ4n) is 3.94. The van der Waals surface area contributed by atoms with E-state index in [9.17, 15) is 19.2 Å². The van der Waals surface area contributed by atoms with Crippen molar-refractivity contribution in [2.24, 2.45) is 0 Å². The lowest BCUT2D eigenvalue weighted by atomic mass is 10.1. The highest BCUT2D eigenvalue weighted by Gasteiger charge is 2.21. The van der Waals surface area contributed by atoms with Crippen molar-refractivity contribution in [3.63, 3.8) is 0 Å². The molecule has 3 aromatic rings. The second kappa shape index (κ2) is 15.4. The average Bonchev–Trinajstić information content (AvgIpc) is 3.35. The van der Waals surface area contributed by atoms with E-state index in [4.69, 9.17) is 0 Å². The summed E-state index contributed by atoms with van der Waals surface area (Å²) in [5.41, 5.74) is 2.21. The lowest BCUT2D eigenvalue weighted by Crippen LogP contribution is -2.47. The first-order valence-corrected chi connectivity index (χ1v) is 13.1. The molecule has 4 amide bonds. The molecule has 0 bridgehead atoms. The standard InChI is InChI=1S/C26H34N8O4S/c1-27-11-2-4-21(25(38)32-19-8-6-18(7-9-19)14-28-17-35)33-23(37)15-29-22(36)5-3-12-34-13-10-20-24(34)30-16-31-26(20)39/h6-10,13,16-17,21,27H,2-5,11-12,14-15H2,1H3,(H,28,35)(H,29,36)(H,32,38)(H,33,37)(H,30,31,39). The molecular formula is C26H34N8O4S. The van der Waals surface area contributed by atoms with Gasteiger partial charge in [0.15, 0.2) is 0 Å². The molecule has 3 rings (SSSR count). The highest BCUT2D eigenvalue weighted by atomic mass is 32.1. The van der Waals surface area contributed by atoms with Gasteiger partial charge in [0, 0.05) is 31.4 Å². The zero-order valence-corrected chi connectivity index (χ0v) is 22.7. The maximum absolute atomic E-state index is 12.9.